The Morgan fingerprint density at radius 2 is 1.73 bits per heavy atom. The van der Waals surface area contributed by atoms with Gasteiger partial charge >= 0.3 is 6.03 Å². The summed E-state index contributed by atoms with van der Waals surface area (Å²) in [6.45, 7) is 6.89. The molecule has 4 rings (SSSR count). The first-order valence-corrected chi connectivity index (χ1v) is 13.3. The number of amides is 2. The molecule has 1 saturated heterocycles. The van der Waals surface area contributed by atoms with Gasteiger partial charge in [-0.25, -0.2) is 4.79 Å². The molecular weight excluding hydrogens is 464 g/mol. The molecule has 37 heavy (non-hydrogen) atoms. The van der Waals surface area contributed by atoms with E-state index < -0.39 is 0 Å². The lowest BCUT2D eigenvalue weighted by molar-refractivity contribution is 0.175. The fraction of sp³-hybridized carbons (Fsp3) is 0.433. The van der Waals surface area contributed by atoms with Gasteiger partial charge < -0.3 is 19.3 Å². The van der Waals surface area contributed by atoms with Crippen LogP contribution in [0.2, 0.25) is 0 Å². The summed E-state index contributed by atoms with van der Waals surface area (Å²) in [4.78, 5) is 26.4. The van der Waals surface area contributed by atoms with Crippen molar-refractivity contribution in [1.29, 1.82) is 0 Å². The lowest BCUT2D eigenvalue weighted by Gasteiger charge is -2.27. The monoisotopic (exact) mass is 502 g/mol. The minimum absolute atomic E-state index is 0.00876. The summed E-state index contributed by atoms with van der Waals surface area (Å²) in [6.07, 6.45) is 8.01. The first-order chi connectivity index (χ1) is 18.1. The van der Waals surface area contributed by atoms with Crippen molar-refractivity contribution in [1.82, 2.24) is 19.8 Å². The van der Waals surface area contributed by atoms with Crippen molar-refractivity contribution in [2.75, 3.05) is 33.4 Å². The topological polar surface area (TPSA) is 67.8 Å². The van der Waals surface area contributed by atoms with E-state index in [0.717, 1.165) is 80.2 Å². The van der Waals surface area contributed by atoms with Crippen LogP contribution in [-0.4, -0.2) is 59.1 Å². The van der Waals surface area contributed by atoms with Gasteiger partial charge in [0, 0.05) is 37.2 Å². The van der Waals surface area contributed by atoms with Crippen LogP contribution in [0.1, 0.15) is 55.2 Å². The Morgan fingerprint density at radius 3 is 2.46 bits per heavy atom. The van der Waals surface area contributed by atoms with Gasteiger partial charge in [0.05, 0.1) is 26.0 Å². The third kappa shape index (κ3) is 7.00. The van der Waals surface area contributed by atoms with Gasteiger partial charge in [-0.1, -0.05) is 25.1 Å². The Labute approximate surface area is 220 Å². The molecule has 0 spiro atoms. The van der Waals surface area contributed by atoms with E-state index in [0.29, 0.717) is 6.61 Å². The highest BCUT2D eigenvalue weighted by atomic mass is 16.5. The van der Waals surface area contributed by atoms with Gasteiger partial charge in [0.2, 0.25) is 0 Å². The van der Waals surface area contributed by atoms with Crippen LogP contribution in [0.3, 0.4) is 0 Å². The van der Waals surface area contributed by atoms with Crippen LogP contribution in [0.15, 0.2) is 60.9 Å². The number of aryl methyl sites for hydroxylation is 3. The van der Waals surface area contributed by atoms with E-state index in [1.165, 1.54) is 5.56 Å². The number of ether oxygens (including phenoxy) is 2. The van der Waals surface area contributed by atoms with E-state index in [-0.39, 0.29) is 12.1 Å². The van der Waals surface area contributed by atoms with E-state index in [2.05, 4.69) is 42.2 Å². The van der Waals surface area contributed by atoms with Crippen LogP contribution in [0.5, 0.6) is 11.5 Å². The zero-order valence-corrected chi connectivity index (χ0v) is 22.2. The number of nitrogens with zero attached hydrogens (tertiary/aromatic N) is 4. The van der Waals surface area contributed by atoms with Crippen LogP contribution >= 0.6 is 0 Å². The molecule has 1 atom stereocenters. The molecule has 7 nitrogen and oxygen atoms in total. The van der Waals surface area contributed by atoms with Crippen molar-refractivity contribution in [3.63, 3.8) is 0 Å². The maximum absolute atomic E-state index is 13.2. The summed E-state index contributed by atoms with van der Waals surface area (Å²) in [5.41, 5.74) is 4.49. The van der Waals surface area contributed by atoms with Crippen molar-refractivity contribution in [3.05, 3.63) is 83.4 Å². The van der Waals surface area contributed by atoms with Gasteiger partial charge in [0.25, 0.3) is 0 Å². The maximum Gasteiger partial charge on any atom is 0.320 e. The van der Waals surface area contributed by atoms with Crippen molar-refractivity contribution in [2.24, 2.45) is 0 Å². The third-order valence-electron chi connectivity index (χ3n) is 6.87. The lowest BCUT2D eigenvalue weighted by Crippen LogP contribution is -2.35. The molecule has 0 N–H and O–H groups in total. The number of pyridine rings is 2. The van der Waals surface area contributed by atoms with Gasteiger partial charge in [-0.2, -0.15) is 0 Å². The van der Waals surface area contributed by atoms with Crippen molar-refractivity contribution >= 4 is 6.03 Å². The number of hydrogen-bond donors (Lipinski definition) is 0. The predicted molar refractivity (Wildman–Crippen MR) is 145 cm³/mol. The minimum atomic E-state index is 0.00876. The molecular formula is C30H38N4O3. The third-order valence-corrected chi connectivity index (χ3v) is 6.87. The summed E-state index contributed by atoms with van der Waals surface area (Å²) in [6, 6.07) is 16.6. The molecule has 1 aliphatic rings. The Morgan fingerprint density at radius 1 is 0.946 bits per heavy atom. The normalized spacial score (nSPS) is 14.2. The average Bonchev–Trinajstić information content (AvgIpc) is 3.28. The summed E-state index contributed by atoms with van der Waals surface area (Å²) in [5.74, 6) is 1.63. The number of methoxy groups -OCH3 is 1. The Kier molecular flexibility index (Phi) is 9.35. The fourth-order valence-electron chi connectivity index (χ4n) is 4.92. The first kappa shape index (κ1) is 26.5. The van der Waals surface area contributed by atoms with Crippen molar-refractivity contribution in [2.45, 2.75) is 52.0 Å². The number of benzene rings is 1. The highest BCUT2D eigenvalue weighted by molar-refractivity contribution is 5.77. The molecule has 0 unspecified atom stereocenters. The number of carbonyl (C=O) groups is 1. The lowest BCUT2D eigenvalue weighted by atomic mass is 10.1. The van der Waals surface area contributed by atoms with Crippen LogP contribution in [0.4, 0.5) is 4.79 Å². The Bertz CT molecular complexity index is 1150. The van der Waals surface area contributed by atoms with E-state index in [9.17, 15) is 4.79 Å². The maximum atomic E-state index is 13.2. The van der Waals surface area contributed by atoms with Crippen LogP contribution in [0.25, 0.3) is 0 Å². The molecule has 0 saturated carbocycles. The second kappa shape index (κ2) is 13.1. The van der Waals surface area contributed by atoms with Gasteiger partial charge in [-0.3, -0.25) is 9.97 Å². The van der Waals surface area contributed by atoms with Crippen LogP contribution in [-0.2, 0) is 19.3 Å². The number of carbonyl (C=O) groups excluding carboxylic acids is 1. The van der Waals surface area contributed by atoms with Crippen LogP contribution in [0, 0.1) is 0 Å². The number of rotatable bonds is 13. The zero-order valence-electron chi connectivity index (χ0n) is 22.2. The molecule has 0 aliphatic carbocycles. The molecule has 2 aromatic heterocycles. The highest BCUT2D eigenvalue weighted by Crippen LogP contribution is 2.29. The molecule has 2 amide bonds. The van der Waals surface area contributed by atoms with E-state index >= 15 is 0 Å². The fourth-order valence-corrected chi connectivity index (χ4v) is 4.92. The molecule has 1 fully saturated rings. The highest BCUT2D eigenvalue weighted by Gasteiger charge is 2.33. The summed E-state index contributed by atoms with van der Waals surface area (Å²) in [5, 5.41) is 0. The quantitative estimate of drug-likeness (QED) is 0.309. The molecule has 1 aromatic carbocycles. The van der Waals surface area contributed by atoms with E-state index in [4.69, 9.17) is 14.5 Å². The zero-order chi connectivity index (χ0) is 26.0. The smallest absolute Gasteiger partial charge is 0.320 e. The van der Waals surface area contributed by atoms with Gasteiger partial charge in [-0.05, 0) is 80.5 Å². The largest absolute Gasteiger partial charge is 0.497 e. The number of hydrogen-bond acceptors (Lipinski definition) is 5. The molecule has 196 valence electrons. The standard InChI is InChI=1S/C30H38N4O3/c1-4-29(24-20-28(37-5-2)22-31-21-24)34-19-18-33(30(34)35)17-7-10-25-8-6-9-26(32-25)14-11-23-12-15-27(36-3)16-13-23/h6,8-9,12-13,15-16,20-22,29H,4-5,7,10-11,14,17-19H2,1-3H3/t29-/m0/s1. The van der Waals surface area contributed by atoms with Gasteiger partial charge in [-0.15, -0.1) is 0 Å². The predicted octanol–water partition coefficient (Wildman–Crippen LogP) is 5.49. The molecule has 3 aromatic rings. The minimum Gasteiger partial charge on any atom is -0.497 e. The molecule has 0 bridgehead atoms. The van der Waals surface area contributed by atoms with Gasteiger partial charge in [0.15, 0.2) is 0 Å². The van der Waals surface area contributed by atoms with Crippen LogP contribution < -0.4 is 9.47 Å². The van der Waals surface area contributed by atoms with E-state index in [1.807, 2.05) is 41.1 Å². The molecule has 3 heterocycles. The molecule has 7 heteroatoms. The average molecular weight is 503 g/mol. The molecule has 1 aliphatic heterocycles. The SMILES string of the molecule is CCOc1cncc([C@H](CC)N2CCN(CCCc3cccc(CCc4ccc(OC)cc4)n3)C2=O)c1. The second-order valence-corrected chi connectivity index (χ2v) is 9.35. The summed E-state index contributed by atoms with van der Waals surface area (Å²) < 4.78 is 10.9. The summed E-state index contributed by atoms with van der Waals surface area (Å²) >= 11 is 0. The second-order valence-electron chi connectivity index (χ2n) is 9.35. The number of urea groups is 1. The summed E-state index contributed by atoms with van der Waals surface area (Å²) in [7, 11) is 1.68. The molecule has 0 radical (unpaired) electrons. The Hall–Kier alpha value is -3.61. The van der Waals surface area contributed by atoms with Crippen molar-refractivity contribution < 1.29 is 14.3 Å². The number of aromatic nitrogens is 2. The van der Waals surface area contributed by atoms with E-state index in [1.54, 1.807) is 13.3 Å². The van der Waals surface area contributed by atoms with Crippen molar-refractivity contribution in [3.8, 4) is 11.5 Å². The first-order valence-electron chi connectivity index (χ1n) is 13.3. The Balaban J connectivity index is 1.27. The van der Waals surface area contributed by atoms with Gasteiger partial charge in [0.1, 0.15) is 11.5 Å².